The van der Waals surface area contributed by atoms with Crippen LogP contribution < -0.4 is 14.2 Å². The first kappa shape index (κ1) is 17.4. The molecule has 2 aromatic carbocycles. The van der Waals surface area contributed by atoms with Crippen molar-refractivity contribution in [2.75, 3.05) is 18.9 Å². The Kier molecular flexibility index (Phi) is 5.06. The number of rotatable bonds is 5. The number of ether oxygens (including phenoxy) is 2. The van der Waals surface area contributed by atoms with Crippen molar-refractivity contribution in [3.8, 4) is 11.5 Å². The summed E-state index contributed by atoms with van der Waals surface area (Å²) in [5, 5.41) is 0.409. The van der Waals surface area contributed by atoms with E-state index in [9.17, 15) is 8.42 Å². The van der Waals surface area contributed by atoms with Gasteiger partial charge in [0.15, 0.2) is 0 Å². The standard InChI is InChI=1S/C16H18ClNO4S/c1-10-7-13(21-3)8-11(2)16(10)23(19,20)18-14-9-12(17)5-6-15(14)22-4/h5-9,18H,1-4H3. The van der Waals surface area contributed by atoms with E-state index in [2.05, 4.69) is 4.72 Å². The van der Waals surface area contributed by atoms with E-state index in [4.69, 9.17) is 21.1 Å². The van der Waals surface area contributed by atoms with Gasteiger partial charge in [-0.15, -0.1) is 0 Å². The van der Waals surface area contributed by atoms with E-state index in [1.54, 1.807) is 38.1 Å². The van der Waals surface area contributed by atoms with Gasteiger partial charge in [-0.2, -0.15) is 0 Å². The molecule has 0 saturated heterocycles. The Balaban J connectivity index is 2.50. The number of benzene rings is 2. The van der Waals surface area contributed by atoms with Crippen molar-refractivity contribution >= 4 is 27.3 Å². The van der Waals surface area contributed by atoms with Gasteiger partial charge in [-0.05, 0) is 55.3 Å². The lowest BCUT2D eigenvalue weighted by molar-refractivity contribution is 0.413. The topological polar surface area (TPSA) is 64.6 Å². The highest BCUT2D eigenvalue weighted by atomic mass is 35.5. The molecule has 0 amide bonds. The summed E-state index contributed by atoms with van der Waals surface area (Å²) in [5.41, 5.74) is 1.47. The zero-order valence-corrected chi connectivity index (χ0v) is 14.9. The van der Waals surface area contributed by atoms with E-state index in [1.807, 2.05) is 0 Å². The Labute approximate surface area is 141 Å². The third-order valence-corrected chi connectivity index (χ3v) is 5.25. The fourth-order valence-electron chi connectivity index (χ4n) is 2.41. The predicted octanol–water partition coefficient (Wildman–Crippen LogP) is 3.77. The molecule has 0 unspecified atom stereocenters. The molecule has 0 bridgehead atoms. The minimum Gasteiger partial charge on any atom is -0.497 e. The molecule has 0 aliphatic heterocycles. The number of aryl methyl sites for hydroxylation is 2. The molecular weight excluding hydrogens is 338 g/mol. The second-order valence-corrected chi connectivity index (χ2v) is 7.10. The molecule has 2 rings (SSSR count). The lowest BCUT2D eigenvalue weighted by atomic mass is 10.1. The number of halogens is 1. The van der Waals surface area contributed by atoms with Crippen LogP contribution in [0.4, 0.5) is 5.69 Å². The first-order valence-electron chi connectivity index (χ1n) is 6.80. The van der Waals surface area contributed by atoms with Crippen LogP contribution >= 0.6 is 11.6 Å². The van der Waals surface area contributed by atoms with Crippen LogP contribution in [0.3, 0.4) is 0 Å². The van der Waals surface area contributed by atoms with Crippen molar-refractivity contribution in [3.63, 3.8) is 0 Å². The third kappa shape index (κ3) is 3.71. The minimum absolute atomic E-state index is 0.209. The Hall–Kier alpha value is -1.92. The smallest absolute Gasteiger partial charge is 0.262 e. The molecule has 7 heteroatoms. The van der Waals surface area contributed by atoms with Crippen LogP contribution in [0.1, 0.15) is 11.1 Å². The van der Waals surface area contributed by atoms with E-state index in [1.165, 1.54) is 20.3 Å². The van der Waals surface area contributed by atoms with Gasteiger partial charge in [-0.1, -0.05) is 11.6 Å². The molecule has 1 N–H and O–H groups in total. The lowest BCUT2D eigenvalue weighted by Gasteiger charge is -2.16. The van der Waals surface area contributed by atoms with Crippen molar-refractivity contribution in [2.24, 2.45) is 0 Å². The summed E-state index contributed by atoms with van der Waals surface area (Å²) in [6, 6.07) is 8.09. The summed E-state index contributed by atoms with van der Waals surface area (Å²) >= 11 is 5.94. The Bertz CT molecular complexity index is 811. The van der Waals surface area contributed by atoms with Gasteiger partial charge in [-0.25, -0.2) is 8.42 Å². The second kappa shape index (κ2) is 6.68. The van der Waals surface area contributed by atoms with Crippen LogP contribution in [-0.2, 0) is 10.0 Å². The molecule has 0 aromatic heterocycles. The van der Waals surface area contributed by atoms with Gasteiger partial charge in [-0.3, -0.25) is 4.72 Å². The maximum absolute atomic E-state index is 12.8. The summed E-state index contributed by atoms with van der Waals surface area (Å²) in [4.78, 5) is 0.209. The van der Waals surface area contributed by atoms with E-state index in [0.29, 0.717) is 27.6 Å². The lowest BCUT2D eigenvalue weighted by Crippen LogP contribution is -2.16. The Morgan fingerprint density at radius 2 is 1.61 bits per heavy atom. The minimum atomic E-state index is -3.79. The first-order chi connectivity index (χ1) is 10.8. The van der Waals surface area contributed by atoms with Crippen LogP contribution in [0.25, 0.3) is 0 Å². The van der Waals surface area contributed by atoms with Gasteiger partial charge in [0.05, 0.1) is 24.8 Å². The Morgan fingerprint density at radius 3 is 2.13 bits per heavy atom. The number of anilines is 1. The molecule has 0 atom stereocenters. The molecular formula is C16H18ClNO4S. The molecule has 2 aromatic rings. The molecule has 0 aliphatic carbocycles. The second-order valence-electron chi connectivity index (χ2n) is 5.04. The van der Waals surface area contributed by atoms with Crippen LogP contribution in [0.2, 0.25) is 5.02 Å². The fraction of sp³-hybridized carbons (Fsp3) is 0.250. The van der Waals surface area contributed by atoms with E-state index in [-0.39, 0.29) is 10.6 Å². The highest BCUT2D eigenvalue weighted by Gasteiger charge is 2.22. The van der Waals surface area contributed by atoms with Crippen LogP contribution in [0.5, 0.6) is 11.5 Å². The molecule has 0 aliphatic rings. The highest BCUT2D eigenvalue weighted by Crippen LogP contribution is 2.32. The van der Waals surface area contributed by atoms with Gasteiger partial charge in [0, 0.05) is 5.02 Å². The van der Waals surface area contributed by atoms with Crippen molar-refractivity contribution < 1.29 is 17.9 Å². The maximum Gasteiger partial charge on any atom is 0.262 e. The largest absolute Gasteiger partial charge is 0.497 e. The highest BCUT2D eigenvalue weighted by molar-refractivity contribution is 7.92. The summed E-state index contributed by atoms with van der Waals surface area (Å²) in [5.74, 6) is 1.00. The predicted molar refractivity (Wildman–Crippen MR) is 91.3 cm³/mol. The average molecular weight is 356 g/mol. The van der Waals surface area contributed by atoms with E-state index in [0.717, 1.165) is 0 Å². The zero-order chi connectivity index (χ0) is 17.2. The number of sulfonamides is 1. The molecule has 0 heterocycles. The van der Waals surface area contributed by atoms with Crippen LogP contribution in [-0.4, -0.2) is 22.6 Å². The Morgan fingerprint density at radius 1 is 1.00 bits per heavy atom. The van der Waals surface area contributed by atoms with Crippen molar-refractivity contribution in [2.45, 2.75) is 18.7 Å². The average Bonchev–Trinajstić information content (AvgIpc) is 2.45. The normalized spacial score (nSPS) is 11.2. The number of methoxy groups -OCH3 is 2. The first-order valence-corrected chi connectivity index (χ1v) is 8.66. The van der Waals surface area contributed by atoms with Crippen molar-refractivity contribution in [3.05, 3.63) is 46.5 Å². The molecule has 0 fully saturated rings. The van der Waals surface area contributed by atoms with Crippen LogP contribution in [0.15, 0.2) is 35.2 Å². The van der Waals surface area contributed by atoms with E-state index >= 15 is 0 Å². The van der Waals surface area contributed by atoms with Gasteiger partial charge in [0.25, 0.3) is 10.0 Å². The monoisotopic (exact) mass is 355 g/mol. The number of hydrogen-bond acceptors (Lipinski definition) is 4. The van der Waals surface area contributed by atoms with Gasteiger partial charge in [0.1, 0.15) is 11.5 Å². The molecule has 0 saturated carbocycles. The molecule has 124 valence electrons. The quantitative estimate of drug-likeness (QED) is 0.886. The molecule has 23 heavy (non-hydrogen) atoms. The maximum atomic E-state index is 12.8. The SMILES string of the molecule is COc1cc(C)c(S(=O)(=O)Nc2cc(Cl)ccc2OC)c(C)c1. The summed E-state index contributed by atoms with van der Waals surface area (Å²) in [6.07, 6.45) is 0. The molecule has 5 nitrogen and oxygen atoms in total. The van der Waals surface area contributed by atoms with Crippen molar-refractivity contribution in [1.82, 2.24) is 0 Å². The fourth-order valence-corrected chi connectivity index (χ4v) is 4.10. The van der Waals surface area contributed by atoms with Gasteiger partial charge < -0.3 is 9.47 Å². The molecule has 0 spiro atoms. The molecule has 0 radical (unpaired) electrons. The summed E-state index contributed by atoms with van der Waals surface area (Å²) in [7, 11) is -0.791. The zero-order valence-electron chi connectivity index (χ0n) is 13.3. The number of nitrogens with one attached hydrogen (secondary N) is 1. The van der Waals surface area contributed by atoms with Gasteiger partial charge >= 0.3 is 0 Å². The van der Waals surface area contributed by atoms with Crippen molar-refractivity contribution in [1.29, 1.82) is 0 Å². The third-order valence-electron chi connectivity index (χ3n) is 3.34. The van der Waals surface area contributed by atoms with E-state index < -0.39 is 10.0 Å². The van der Waals surface area contributed by atoms with Crippen LogP contribution in [0, 0.1) is 13.8 Å². The summed E-state index contributed by atoms with van der Waals surface area (Å²) < 4.78 is 38.4. The number of hydrogen-bond donors (Lipinski definition) is 1. The van der Waals surface area contributed by atoms with Gasteiger partial charge in [0.2, 0.25) is 0 Å². The summed E-state index contributed by atoms with van der Waals surface area (Å²) in [6.45, 7) is 3.44.